The summed E-state index contributed by atoms with van der Waals surface area (Å²) in [6, 6.07) is 10.3. The van der Waals surface area contributed by atoms with E-state index in [0.29, 0.717) is 17.7 Å². The van der Waals surface area contributed by atoms with E-state index >= 15 is 0 Å². The maximum absolute atomic E-state index is 12.2. The summed E-state index contributed by atoms with van der Waals surface area (Å²) < 4.78 is 1.94. The van der Waals surface area contributed by atoms with Gasteiger partial charge in [0.05, 0.1) is 5.75 Å². The number of carbonyl (C=O) groups excluding carboxylic acids is 1. The van der Waals surface area contributed by atoms with Crippen molar-refractivity contribution in [3.8, 4) is 11.4 Å². The van der Waals surface area contributed by atoms with Gasteiger partial charge in [-0.25, -0.2) is 0 Å². The second-order valence-electron chi connectivity index (χ2n) is 6.46. The molecule has 1 aromatic heterocycles. The molecule has 2 aromatic rings. The number of amides is 1. The monoisotopic (exact) mass is 344 g/mol. The fourth-order valence-electron chi connectivity index (χ4n) is 3.19. The van der Waals surface area contributed by atoms with Crippen molar-refractivity contribution in [2.75, 3.05) is 5.75 Å². The third kappa shape index (κ3) is 3.98. The van der Waals surface area contributed by atoms with Crippen LogP contribution in [-0.2, 0) is 11.8 Å². The van der Waals surface area contributed by atoms with Crippen LogP contribution in [0.15, 0.2) is 35.5 Å². The van der Waals surface area contributed by atoms with Gasteiger partial charge in [0.2, 0.25) is 5.91 Å². The quantitative estimate of drug-likeness (QED) is 0.846. The third-order valence-electron chi connectivity index (χ3n) is 4.66. The van der Waals surface area contributed by atoms with E-state index in [1.807, 2.05) is 41.9 Å². The van der Waals surface area contributed by atoms with E-state index in [9.17, 15) is 4.79 Å². The number of hydrogen-bond acceptors (Lipinski definition) is 4. The molecule has 1 aliphatic carbocycles. The Morgan fingerprint density at radius 2 is 2.00 bits per heavy atom. The lowest BCUT2D eigenvalue weighted by Crippen LogP contribution is -2.41. The highest BCUT2D eigenvalue weighted by atomic mass is 32.2. The van der Waals surface area contributed by atoms with Crippen LogP contribution in [0, 0.1) is 5.92 Å². The molecule has 0 spiro atoms. The van der Waals surface area contributed by atoms with Gasteiger partial charge in [-0.15, -0.1) is 10.2 Å². The van der Waals surface area contributed by atoms with Gasteiger partial charge in [0, 0.05) is 18.7 Å². The SMILES string of the molecule is CC1CCCCC1NC(=O)CSc1nnc(-c2ccccc2)n1C. The van der Waals surface area contributed by atoms with Crippen LogP contribution >= 0.6 is 11.8 Å². The second kappa shape index (κ2) is 7.83. The van der Waals surface area contributed by atoms with Crippen LogP contribution < -0.4 is 5.32 Å². The fourth-order valence-corrected chi connectivity index (χ4v) is 3.91. The molecule has 1 saturated carbocycles. The molecule has 1 amide bonds. The van der Waals surface area contributed by atoms with E-state index in [2.05, 4.69) is 22.4 Å². The Hall–Kier alpha value is -1.82. The van der Waals surface area contributed by atoms with Crippen molar-refractivity contribution in [3.63, 3.8) is 0 Å². The summed E-state index contributed by atoms with van der Waals surface area (Å²) in [5, 5.41) is 12.4. The summed E-state index contributed by atoms with van der Waals surface area (Å²) in [6.45, 7) is 2.23. The molecule has 0 aliphatic heterocycles. The highest BCUT2D eigenvalue weighted by Crippen LogP contribution is 2.25. The lowest BCUT2D eigenvalue weighted by atomic mass is 9.86. The number of carbonyl (C=O) groups is 1. The largest absolute Gasteiger partial charge is 0.352 e. The van der Waals surface area contributed by atoms with Gasteiger partial charge in [-0.3, -0.25) is 4.79 Å². The van der Waals surface area contributed by atoms with Gasteiger partial charge in [-0.05, 0) is 18.8 Å². The van der Waals surface area contributed by atoms with Crippen molar-refractivity contribution >= 4 is 17.7 Å². The summed E-state index contributed by atoms with van der Waals surface area (Å²) in [5.74, 6) is 1.86. The minimum Gasteiger partial charge on any atom is -0.352 e. The Labute approximate surface area is 147 Å². The summed E-state index contributed by atoms with van der Waals surface area (Å²) in [5.41, 5.74) is 1.03. The maximum Gasteiger partial charge on any atom is 0.230 e. The van der Waals surface area contributed by atoms with Gasteiger partial charge in [0.1, 0.15) is 0 Å². The van der Waals surface area contributed by atoms with Crippen molar-refractivity contribution < 1.29 is 4.79 Å². The van der Waals surface area contributed by atoms with Crippen molar-refractivity contribution in [3.05, 3.63) is 30.3 Å². The molecule has 1 heterocycles. The Morgan fingerprint density at radius 1 is 1.25 bits per heavy atom. The Balaban J connectivity index is 1.57. The van der Waals surface area contributed by atoms with E-state index in [-0.39, 0.29) is 5.91 Å². The molecule has 3 rings (SSSR count). The summed E-state index contributed by atoms with van der Waals surface area (Å²) in [4.78, 5) is 12.2. The van der Waals surface area contributed by atoms with Crippen molar-refractivity contribution in [1.82, 2.24) is 20.1 Å². The molecule has 2 unspecified atom stereocenters. The zero-order valence-corrected chi connectivity index (χ0v) is 15.1. The van der Waals surface area contributed by atoms with Crippen LogP contribution in [0.2, 0.25) is 0 Å². The first kappa shape index (κ1) is 17.0. The van der Waals surface area contributed by atoms with E-state index in [1.54, 1.807) is 0 Å². The lowest BCUT2D eigenvalue weighted by Gasteiger charge is -2.29. The van der Waals surface area contributed by atoms with Crippen molar-refractivity contribution in [2.24, 2.45) is 13.0 Å². The van der Waals surface area contributed by atoms with Crippen LogP contribution in [0.3, 0.4) is 0 Å². The summed E-state index contributed by atoms with van der Waals surface area (Å²) in [6.07, 6.45) is 4.80. The molecular weight excluding hydrogens is 320 g/mol. The second-order valence-corrected chi connectivity index (χ2v) is 7.40. The van der Waals surface area contributed by atoms with Crippen LogP contribution in [0.25, 0.3) is 11.4 Å². The van der Waals surface area contributed by atoms with E-state index in [4.69, 9.17) is 0 Å². The van der Waals surface area contributed by atoms with Crippen LogP contribution in [0.4, 0.5) is 0 Å². The molecule has 1 aromatic carbocycles. The predicted molar refractivity (Wildman–Crippen MR) is 96.7 cm³/mol. The highest BCUT2D eigenvalue weighted by Gasteiger charge is 2.23. The lowest BCUT2D eigenvalue weighted by molar-refractivity contribution is -0.119. The average molecular weight is 344 g/mol. The average Bonchev–Trinajstić information content (AvgIpc) is 2.97. The van der Waals surface area contributed by atoms with Gasteiger partial charge >= 0.3 is 0 Å². The molecule has 5 nitrogen and oxygen atoms in total. The van der Waals surface area contributed by atoms with Gasteiger partial charge in [-0.2, -0.15) is 0 Å². The Bertz CT molecular complexity index is 686. The first-order valence-corrected chi connectivity index (χ1v) is 9.50. The molecular formula is C18H24N4OS. The maximum atomic E-state index is 12.2. The Kier molecular flexibility index (Phi) is 5.56. The standard InChI is InChI=1S/C18H24N4OS/c1-13-8-6-7-11-15(13)19-16(23)12-24-18-21-20-17(22(18)2)14-9-4-3-5-10-14/h3-5,9-10,13,15H,6-8,11-12H2,1-2H3,(H,19,23). The molecule has 2 atom stereocenters. The molecule has 0 radical (unpaired) electrons. The zero-order valence-electron chi connectivity index (χ0n) is 14.2. The van der Waals surface area contributed by atoms with Crippen LogP contribution in [-0.4, -0.2) is 32.5 Å². The predicted octanol–water partition coefficient (Wildman–Crippen LogP) is 3.27. The van der Waals surface area contributed by atoms with Gasteiger partial charge < -0.3 is 9.88 Å². The number of benzene rings is 1. The van der Waals surface area contributed by atoms with Crippen LogP contribution in [0.1, 0.15) is 32.6 Å². The molecule has 0 bridgehead atoms. The van der Waals surface area contributed by atoms with Crippen LogP contribution in [0.5, 0.6) is 0 Å². The van der Waals surface area contributed by atoms with E-state index in [1.165, 1.54) is 31.0 Å². The molecule has 0 saturated heterocycles. The number of aromatic nitrogens is 3. The van der Waals surface area contributed by atoms with E-state index < -0.39 is 0 Å². The zero-order chi connectivity index (χ0) is 16.9. The molecule has 128 valence electrons. The van der Waals surface area contributed by atoms with Gasteiger partial charge in [-0.1, -0.05) is 61.9 Å². The minimum atomic E-state index is 0.0861. The van der Waals surface area contributed by atoms with Crippen molar-refractivity contribution in [2.45, 2.75) is 43.8 Å². The fraction of sp³-hybridized carbons (Fsp3) is 0.500. The Morgan fingerprint density at radius 3 is 2.75 bits per heavy atom. The van der Waals surface area contributed by atoms with Gasteiger partial charge in [0.25, 0.3) is 0 Å². The number of hydrogen-bond donors (Lipinski definition) is 1. The number of nitrogens with zero attached hydrogens (tertiary/aromatic N) is 3. The number of thioether (sulfide) groups is 1. The first-order valence-electron chi connectivity index (χ1n) is 8.52. The van der Waals surface area contributed by atoms with Crippen molar-refractivity contribution in [1.29, 1.82) is 0 Å². The van der Waals surface area contributed by atoms with E-state index in [0.717, 1.165) is 23.0 Å². The number of nitrogens with one attached hydrogen (secondary N) is 1. The van der Waals surface area contributed by atoms with Gasteiger partial charge in [0.15, 0.2) is 11.0 Å². The molecule has 24 heavy (non-hydrogen) atoms. The smallest absolute Gasteiger partial charge is 0.230 e. The molecule has 1 N–H and O–H groups in total. The minimum absolute atomic E-state index is 0.0861. The first-order chi connectivity index (χ1) is 11.6. The normalized spacial score (nSPS) is 20.8. The molecule has 6 heteroatoms. The number of rotatable bonds is 5. The topological polar surface area (TPSA) is 59.8 Å². The molecule has 1 fully saturated rings. The highest BCUT2D eigenvalue weighted by molar-refractivity contribution is 7.99. The summed E-state index contributed by atoms with van der Waals surface area (Å²) >= 11 is 1.44. The summed E-state index contributed by atoms with van der Waals surface area (Å²) in [7, 11) is 1.94. The molecule has 1 aliphatic rings. The third-order valence-corrected chi connectivity index (χ3v) is 5.68.